The van der Waals surface area contributed by atoms with E-state index in [1.807, 2.05) is 48.8 Å². The van der Waals surface area contributed by atoms with Crippen LogP contribution in [0.15, 0.2) is 91.5 Å². The van der Waals surface area contributed by atoms with E-state index >= 15 is 0 Å². The predicted octanol–water partition coefficient (Wildman–Crippen LogP) is 4.99. The highest BCUT2D eigenvalue weighted by Gasteiger charge is 2.06. The van der Waals surface area contributed by atoms with Gasteiger partial charge in [0.25, 0.3) is 0 Å². The molecule has 0 saturated carbocycles. The van der Waals surface area contributed by atoms with Crippen LogP contribution < -0.4 is 5.32 Å². The zero-order chi connectivity index (χ0) is 20.3. The van der Waals surface area contributed by atoms with Gasteiger partial charge in [0.15, 0.2) is 0 Å². The molecule has 6 nitrogen and oxygen atoms in total. The van der Waals surface area contributed by atoms with E-state index in [1.165, 1.54) is 6.33 Å². The molecule has 0 amide bonds. The Kier molecular flexibility index (Phi) is 4.57. The molecule has 146 valence electrons. The second-order valence-corrected chi connectivity index (χ2v) is 7.03. The van der Waals surface area contributed by atoms with Crippen LogP contribution in [0.3, 0.4) is 0 Å². The van der Waals surface area contributed by atoms with Crippen LogP contribution in [0.4, 0.5) is 11.5 Å². The third kappa shape index (κ3) is 3.71. The summed E-state index contributed by atoms with van der Waals surface area (Å²) in [5, 5.41) is 13.1. The minimum absolute atomic E-state index is 0.209. The minimum atomic E-state index is 0.209. The number of nitrogens with zero attached hydrogens (tertiary/aromatic N) is 4. The molecule has 0 unspecified atom stereocenters. The molecule has 5 rings (SSSR count). The summed E-state index contributed by atoms with van der Waals surface area (Å²) in [7, 11) is 0. The summed E-state index contributed by atoms with van der Waals surface area (Å²) >= 11 is 0. The molecule has 0 fully saturated rings. The van der Waals surface area contributed by atoms with Gasteiger partial charge in [0.2, 0.25) is 0 Å². The maximum Gasteiger partial charge on any atom is 0.134 e. The van der Waals surface area contributed by atoms with Crippen molar-refractivity contribution in [3.8, 4) is 17.0 Å². The van der Waals surface area contributed by atoms with E-state index in [-0.39, 0.29) is 5.75 Å². The first-order valence-corrected chi connectivity index (χ1v) is 9.62. The number of rotatable bonds is 5. The average molecular weight is 393 g/mol. The van der Waals surface area contributed by atoms with Gasteiger partial charge < -0.3 is 15.0 Å². The molecule has 0 aliphatic carbocycles. The number of fused-ring (bicyclic) bond motifs is 1. The lowest BCUT2D eigenvalue weighted by atomic mass is 10.1. The Morgan fingerprint density at radius 3 is 2.67 bits per heavy atom. The van der Waals surface area contributed by atoms with Gasteiger partial charge in [-0.05, 0) is 42.0 Å². The fourth-order valence-corrected chi connectivity index (χ4v) is 3.48. The first kappa shape index (κ1) is 17.9. The molecule has 6 heteroatoms. The normalized spacial score (nSPS) is 10.9. The SMILES string of the molecule is Oc1cccc(-c2cc(Nc3cccc(Cn4cnc5ccccc54)c3)ncn2)c1. The van der Waals surface area contributed by atoms with Crippen molar-refractivity contribution in [3.63, 3.8) is 0 Å². The number of hydrogen-bond donors (Lipinski definition) is 2. The molecule has 0 aliphatic heterocycles. The number of phenolic OH excluding ortho intramolecular Hbond substituents is 1. The largest absolute Gasteiger partial charge is 0.508 e. The van der Waals surface area contributed by atoms with Crippen LogP contribution in [0.25, 0.3) is 22.3 Å². The number of benzene rings is 3. The fourth-order valence-electron chi connectivity index (χ4n) is 3.48. The van der Waals surface area contributed by atoms with E-state index < -0.39 is 0 Å². The molecule has 30 heavy (non-hydrogen) atoms. The second-order valence-electron chi connectivity index (χ2n) is 7.03. The molecular weight excluding hydrogens is 374 g/mol. The van der Waals surface area contributed by atoms with Crippen molar-refractivity contribution in [2.24, 2.45) is 0 Å². The monoisotopic (exact) mass is 393 g/mol. The Morgan fingerprint density at radius 1 is 0.833 bits per heavy atom. The Bertz CT molecular complexity index is 1330. The first-order chi connectivity index (χ1) is 14.7. The van der Waals surface area contributed by atoms with Gasteiger partial charge in [0, 0.05) is 23.9 Å². The van der Waals surface area contributed by atoms with Crippen molar-refractivity contribution in [1.82, 2.24) is 19.5 Å². The summed E-state index contributed by atoms with van der Waals surface area (Å²) in [4.78, 5) is 13.1. The number of aromatic hydroxyl groups is 1. The highest BCUT2D eigenvalue weighted by Crippen LogP contribution is 2.24. The van der Waals surface area contributed by atoms with Crippen molar-refractivity contribution < 1.29 is 5.11 Å². The van der Waals surface area contributed by atoms with Gasteiger partial charge in [-0.15, -0.1) is 0 Å². The zero-order valence-corrected chi connectivity index (χ0v) is 16.1. The summed E-state index contributed by atoms with van der Waals surface area (Å²) in [6.07, 6.45) is 3.39. The Hall–Kier alpha value is -4.19. The number of nitrogens with one attached hydrogen (secondary N) is 1. The van der Waals surface area contributed by atoms with Crippen molar-refractivity contribution in [3.05, 3.63) is 97.1 Å². The van der Waals surface area contributed by atoms with Gasteiger partial charge >= 0.3 is 0 Å². The number of anilines is 2. The number of aromatic nitrogens is 4. The van der Waals surface area contributed by atoms with Crippen molar-refractivity contribution in [2.75, 3.05) is 5.32 Å². The zero-order valence-electron chi connectivity index (χ0n) is 16.1. The minimum Gasteiger partial charge on any atom is -0.508 e. The molecule has 2 aromatic heterocycles. The van der Waals surface area contributed by atoms with Gasteiger partial charge in [-0.1, -0.05) is 36.4 Å². The van der Waals surface area contributed by atoms with E-state index in [0.29, 0.717) is 5.82 Å². The molecule has 3 aromatic carbocycles. The summed E-state index contributed by atoms with van der Waals surface area (Å²) in [6, 6.07) is 25.2. The van der Waals surface area contributed by atoms with Crippen LogP contribution in [0.1, 0.15) is 5.56 Å². The summed E-state index contributed by atoms with van der Waals surface area (Å²) in [5.74, 6) is 0.897. The van der Waals surface area contributed by atoms with Crippen LogP contribution in [-0.4, -0.2) is 24.6 Å². The molecule has 0 radical (unpaired) electrons. The van der Waals surface area contributed by atoms with Gasteiger partial charge in [-0.2, -0.15) is 0 Å². The van der Waals surface area contributed by atoms with Crippen molar-refractivity contribution in [1.29, 1.82) is 0 Å². The number of para-hydroxylation sites is 2. The molecule has 0 bridgehead atoms. The Balaban J connectivity index is 1.38. The molecule has 0 aliphatic rings. The molecular formula is C24H19N5O. The molecule has 0 spiro atoms. The highest BCUT2D eigenvalue weighted by molar-refractivity contribution is 5.75. The highest BCUT2D eigenvalue weighted by atomic mass is 16.3. The van der Waals surface area contributed by atoms with E-state index in [9.17, 15) is 5.11 Å². The fraction of sp³-hybridized carbons (Fsp3) is 0.0417. The van der Waals surface area contributed by atoms with Gasteiger partial charge in [-0.25, -0.2) is 15.0 Å². The van der Waals surface area contributed by atoms with Crippen molar-refractivity contribution >= 4 is 22.5 Å². The number of imidazole rings is 1. The standard InChI is InChI=1S/C24H19N5O/c30-20-8-4-6-18(12-20)22-13-24(26-15-25-22)28-19-7-3-5-17(11-19)14-29-16-27-21-9-1-2-10-23(21)29/h1-13,15-16,30H,14H2,(H,25,26,28). The van der Waals surface area contributed by atoms with E-state index in [0.717, 1.165) is 40.1 Å². The summed E-state index contributed by atoms with van der Waals surface area (Å²) < 4.78 is 2.14. The molecule has 0 atom stereocenters. The topological polar surface area (TPSA) is 75.9 Å². The van der Waals surface area contributed by atoms with E-state index in [2.05, 4.69) is 43.0 Å². The second kappa shape index (κ2) is 7.67. The lowest BCUT2D eigenvalue weighted by Gasteiger charge is -2.10. The third-order valence-electron chi connectivity index (χ3n) is 4.89. The molecule has 5 aromatic rings. The maximum atomic E-state index is 9.72. The summed E-state index contributed by atoms with van der Waals surface area (Å²) in [5.41, 5.74) is 5.78. The van der Waals surface area contributed by atoms with Crippen LogP contribution >= 0.6 is 0 Å². The molecule has 2 N–H and O–H groups in total. The maximum absolute atomic E-state index is 9.72. The van der Waals surface area contributed by atoms with E-state index in [1.54, 1.807) is 18.2 Å². The third-order valence-corrected chi connectivity index (χ3v) is 4.89. The van der Waals surface area contributed by atoms with Crippen molar-refractivity contribution in [2.45, 2.75) is 6.54 Å². The quantitative estimate of drug-likeness (QED) is 0.440. The number of hydrogen-bond acceptors (Lipinski definition) is 5. The van der Waals surface area contributed by atoms with Gasteiger partial charge in [-0.3, -0.25) is 0 Å². The van der Waals surface area contributed by atoms with Gasteiger partial charge in [0.1, 0.15) is 17.9 Å². The average Bonchev–Trinajstić information content (AvgIpc) is 3.17. The lowest BCUT2D eigenvalue weighted by Crippen LogP contribution is -2.00. The lowest BCUT2D eigenvalue weighted by molar-refractivity contribution is 0.475. The van der Waals surface area contributed by atoms with Crippen LogP contribution in [-0.2, 0) is 6.54 Å². The number of phenols is 1. The Labute approximate surface area is 173 Å². The van der Waals surface area contributed by atoms with Gasteiger partial charge in [0.05, 0.1) is 23.1 Å². The van der Waals surface area contributed by atoms with Crippen LogP contribution in [0.5, 0.6) is 5.75 Å². The van der Waals surface area contributed by atoms with Crippen LogP contribution in [0.2, 0.25) is 0 Å². The Morgan fingerprint density at radius 2 is 1.73 bits per heavy atom. The predicted molar refractivity (Wildman–Crippen MR) is 118 cm³/mol. The van der Waals surface area contributed by atoms with E-state index in [4.69, 9.17) is 0 Å². The summed E-state index contributed by atoms with van der Waals surface area (Å²) in [6.45, 7) is 0.731. The first-order valence-electron chi connectivity index (χ1n) is 9.62. The molecule has 0 saturated heterocycles. The van der Waals surface area contributed by atoms with Crippen LogP contribution in [0, 0.1) is 0 Å². The smallest absolute Gasteiger partial charge is 0.134 e. The molecule has 2 heterocycles.